The minimum Gasteiger partial charge on any atom is -0.462 e. The Morgan fingerprint density at radius 2 is 0.397 bits per heavy atom. The third kappa shape index (κ3) is 89.8. The van der Waals surface area contributed by atoms with Gasteiger partial charge in [0.25, 0.3) is 0 Å². The first kappa shape index (κ1) is 114. The number of esters is 4. The van der Waals surface area contributed by atoms with E-state index in [0.29, 0.717) is 25.7 Å². The summed E-state index contributed by atoms with van der Waals surface area (Å²) in [5.41, 5.74) is 0. The monoisotopic (exact) mass is 1690 g/mol. The summed E-state index contributed by atoms with van der Waals surface area (Å²) in [6.45, 7) is 7.41. The highest BCUT2D eigenvalue weighted by molar-refractivity contribution is 7.47. The highest BCUT2D eigenvalue weighted by Crippen LogP contribution is 2.45. The van der Waals surface area contributed by atoms with Crippen molar-refractivity contribution in [1.29, 1.82) is 0 Å². The molecule has 0 bridgehead atoms. The second-order valence-corrected chi connectivity index (χ2v) is 38.2. The topological polar surface area (TPSA) is 237 Å². The van der Waals surface area contributed by atoms with Gasteiger partial charge in [-0.15, -0.1) is 0 Å². The smallest absolute Gasteiger partial charge is 0.462 e. The van der Waals surface area contributed by atoms with E-state index in [1.807, 2.05) is 0 Å². The van der Waals surface area contributed by atoms with Crippen molar-refractivity contribution in [3.63, 3.8) is 0 Å². The summed E-state index contributed by atoms with van der Waals surface area (Å²) >= 11 is 0. The Kier molecular flexibility index (Phi) is 87.8. The molecule has 0 heterocycles. The molecule has 0 aliphatic rings. The standard InChI is InChI=1S/C97H190O17P2/c1-6-9-12-15-18-21-24-27-30-33-36-39-41-44-46-49-52-55-60-65-70-75-80-94(99)107-86-92(113-96(101)82-77-73-68-62-57-54-51-48-45-42-40-37-34-31-28-25-22-19-16-13-10-7-2)88-111-115(103,104)109-84-91(98)85-110-116(105,106)112-89-93(87-108-95(100)81-76-71-66-63-58-59-64-69-74-79-90(4)5)114-97(102)83-78-72-67-61-56-53-50-47-43-38-35-32-29-26-23-20-17-14-11-8-3/h90-93,98H,6-89H2,1-5H3,(H,103,104)(H,105,106)/t91-,92-,93-/m1/s1. The van der Waals surface area contributed by atoms with E-state index < -0.39 is 97.5 Å². The minimum absolute atomic E-state index is 0.109. The maximum atomic E-state index is 13.2. The highest BCUT2D eigenvalue weighted by atomic mass is 31.2. The van der Waals surface area contributed by atoms with Crippen molar-refractivity contribution in [1.82, 2.24) is 0 Å². The Hall–Kier alpha value is -1.94. The SMILES string of the molecule is CCCCCCCCCCCCCCCCCCCCCCCCC(=O)OC[C@H](COP(=O)(O)OC[C@@H](O)COP(=O)(O)OC[C@@H](COC(=O)CCCCCCCCCCCC(C)C)OC(=O)CCCCCCCCCCCCCCCCCCCCCC)OC(=O)CCCCCCCCCCCCCCCCCCCCCCCC. The van der Waals surface area contributed by atoms with Crippen LogP contribution in [0.15, 0.2) is 0 Å². The molecule has 0 aliphatic carbocycles. The Bertz CT molecular complexity index is 2190. The van der Waals surface area contributed by atoms with Crippen molar-refractivity contribution >= 4 is 39.5 Å². The van der Waals surface area contributed by atoms with Crippen LogP contribution in [0, 0.1) is 5.92 Å². The average Bonchev–Trinajstić information content (AvgIpc) is 0.891. The number of aliphatic hydroxyl groups is 1. The summed E-state index contributed by atoms with van der Waals surface area (Å²) in [7, 11) is -9.94. The molecule has 17 nitrogen and oxygen atoms in total. The molecule has 0 radical (unpaired) electrons. The zero-order chi connectivity index (χ0) is 84.7. The van der Waals surface area contributed by atoms with Gasteiger partial charge in [0.15, 0.2) is 12.2 Å². The lowest BCUT2D eigenvalue weighted by atomic mass is 10.0. The predicted molar refractivity (Wildman–Crippen MR) is 483 cm³/mol. The summed E-state index contributed by atoms with van der Waals surface area (Å²) in [5, 5.41) is 10.7. The van der Waals surface area contributed by atoms with Gasteiger partial charge in [-0.05, 0) is 31.6 Å². The van der Waals surface area contributed by atoms with E-state index in [2.05, 4.69) is 34.6 Å². The molecule has 0 saturated carbocycles. The molecule has 5 atom stereocenters. The van der Waals surface area contributed by atoms with Gasteiger partial charge in [-0.3, -0.25) is 37.3 Å². The maximum absolute atomic E-state index is 13.2. The van der Waals surface area contributed by atoms with Gasteiger partial charge in [0, 0.05) is 25.7 Å². The number of carbonyl (C=O) groups is 4. The van der Waals surface area contributed by atoms with Crippen molar-refractivity contribution in [2.24, 2.45) is 5.92 Å². The number of aliphatic hydroxyl groups excluding tert-OH is 1. The van der Waals surface area contributed by atoms with Crippen LogP contribution < -0.4 is 0 Å². The fourth-order valence-corrected chi connectivity index (χ4v) is 17.0. The molecule has 0 spiro atoms. The van der Waals surface area contributed by atoms with E-state index in [9.17, 15) is 43.2 Å². The third-order valence-electron chi connectivity index (χ3n) is 23.0. The van der Waals surface area contributed by atoms with E-state index in [0.717, 1.165) is 95.8 Å². The molecule has 0 rings (SSSR count). The number of phosphoric ester groups is 2. The molecule has 690 valence electrons. The van der Waals surface area contributed by atoms with Crippen molar-refractivity contribution in [2.75, 3.05) is 39.6 Å². The van der Waals surface area contributed by atoms with Gasteiger partial charge < -0.3 is 33.8 Å². The summed E-state index contributed by atoms with van der Waals surface area (Å²) < 4.78 is 69.3. The Morgan fingerprint density at radius 3 is 0.586 bits per heavy atom. The van der Waals surface area contributed by atoms with Crippen LogP contribution >= 0.6 is 15.6 Å². The molecular weight excluding hydrogens is 1500 g/mol. The van der Waals surface area contributed by atoms with Gasteiger partial charge in [0.1, 0.15) is 19.3 Å². The van der Waals surface area contributed by atoms with Gasteiger partial charge in [-0.25, -0.2) is 9.13 Å². The molecule has 0 saturated heterocycles. The lowest BCUT2D eigenvalue weighted by Gasteiger charge is -2.21. The van der Waals surface area contributed by atoms with E-state index in [-0.39, 0.29) is 25.7 Å². The predicted octanol–water partition coefficient (Wildman–Crippen LogP) is 30.7. The van der Waals surface area contributed by atoms with Crippen LogP contribution in [-0.2, 0) is 65.4 Å². The normalized spacial score (nSPS) is 13.6. The molecular formula is C97H190O17P2. The second kappa shape index (κ2) is 89.3. The zero-order valence-electron chi connectivity index (χ0n) is 76.7. The lowest BCUT2D eigenvalue weighted by Crippen LogP contribution is -2.30. The average molecular weight is 1690 g/mol. The van der Waals surface area contributed by atoms with Gasteiger partial charge >= 0.3 is 39.5 Å². The molecule has 0 fully saturated rings. The first-order valence-electron chi connectivity index (χ1n) is 50.1. The molecule has 2 unspecified atom stereocenters. The van der Waals surface area contributed by atoms with Gasteiger partial charge in [-0.2, -0.15) is 0 Å². The van der Waals surface area contributed by atoms with Gasteiger partial charge in [0.2, 0.25) is 0 Å². The molecule has 19 heteroatoms. The van der Waals surface area contributed by atoms with Crippen LogP contribution in [0.2, 0.25) is 0 Å². The first-order valence-corrected chi connectivity index (χ1v) is 53.1. The van der Waals surface area contributed by atoms with E-state index in [4.69, 9.17) is 37.0 Å². The summed E-state index contributed by atoms with van der Waals surface area (Å²) in [6.07, 6.45) is 87.9. The van der Waals surface area contributed by atoms with Crippen LogP contribution in [0.3, 0.4) is 0 Å². The number of rotatable bonds is 97. The van der Waals surface area contributed by atoms with Crippen molar-refractivity contribution in [3.05, 3.63) is 0 Å². The minimum atomic E-state index is -4.97. The fourth-order valence-electron chi connectivity index (χ4n) is 15.4. The number of unbranched alkanes of at least 4 members (excludes halogenated alkanes) is 69. The van der Waals surface area contributed by atoms with Crippen LogP contribution in [0.25, 0.3) is 0 Å². The number of ether oxygens (including phenoxy) is 4. The van der Waals surface area contributed by atoms with Crippen LogP contribution in [0.1, 0.15) is 535 Å². The van der Waals surface area contributed by atoms with Crippen molar-refractivity contribution in [3.8, 4) is 0 Å². The quantitative estimate of drug-likeness (QED) is 0.0222. The summed E-state index contributed by atoms with van der Waals surface area (Å²) in [4.78, 5) is 73.6. The summed E-state index contributed by atoms with van der Waals surface area (Å²) in [6, 6.07) is 0. The number of hydrogen-bond acceptors (Lipinski definition) is 15. The Morgan fingerprint density at radius 1 is 0.233 bits per heavy atom. The Labute approximate surface area is 715 Å². The van der Waals surface area contributed by atoms with Crippen molar-refractivity contribution < 1.29 is 80.2 Å². The van der Waals surface area contributed by atoms with Gasteiger partial charge in [-0.1, -0.05) is 484 Å². The van der Waals surface area contributed by atoms with Crippen LogP contribution in [0.5, 0.6) is 0 Å². The first-order chi connectivity index (χ1) is 56.5. The van der Waals surface area contributed by atoms with Crippen LogP contribution in [0.4, 0.5) is 0 Å². The van der Waals surface area contributed by atoms with E-state index in [1.54, 1.807) is 0 Å². The Balaban J connectivity index is 5.23. The summed E-state index contributed by atoms with van der Waals surface area (Å²) in [5.74, 6) is -1.34. The molecule has 0 aromatic heterocycles. The molecule has 0 amide bonds. The second-order valence-electron chi connectivity index (χ2n) is 35.3. The molecule has 0 aromatic rings. The third-order valence-corrected chi connectivity index (χ3v) is 24.9. The highest BCUT2D eigenvalue weighted by Gasteiger charge is 2.31. The van der Waals surface area contributed by atoms with Crippen molar-refractivity contribution in [2.45, 2.75) is 554 Å². The van der Waals surface area contributed by atoms with Crippen LogP contribution in [-0.4, -0.2) is 96.7 Å². The molecule has 116 heavy (non-hydrogen) atoms. The maximum Gasteiger partial charge on any atom is 0.472 e. The number of carbonyl (C=O) groups excluding carboxylic acids is 4. The molecule has 3 N–H and O–H groups in total. The number of hydrogen-bond donors (Lipinski definition) is 3. The number of phosphoric acid groups is 2. The van der Waals surface area contributed by atoms with E-state index >= 15 is 0 Å². The molecule has 0 aromatic carbocycles. The fraction of sp³-hybridized carbons (Fsp3) is 0.959. The lowest BCUT2D eigenvalue weighted by molar-refractivity contribution is -0.161. The largest absolute Gasteiger partial charge is 0.472 e. The van der Waals surface area contributed by atoms with E-state index in [1.165, 1.54) is 360 Å². The molecule has 0 aliphatic heterocycles. The zero-order valence-corrected chi connectivity index (χ0v) is 78.4. The van der Waals surface area contributed by atoms with Gasteiger partial charge in [0.05, 0.1) is 26.4 Å².